The molecule has 1 aromatic carbocycles. The van der Waals surface area contributed by atoms with Crippen molar-refractivity contribution in [1.82, 2.24) is 5.32 Å². The Hall–Kier alpha value is -0.860. The maximum absolute atomic E-state index is 5.89. The molecule has 1 aliphatic carbocycles. The molecule has 1 atom stereocenters. The topological polar surface area (TPSA) is 21.3 Å². The summed E-state index contributed by atoms with van der Waals surface area (Å²) in [6.07, 6.45) is 3.87. The lowest BCUT2D eigenvalue weighted by Gasteiger charge is -2.20. The SMILES string of the molecule is CCCNC(COCC1CC1)c1cc(C)cc(C)c1. The Morgan fingerprint density at radius 2 is 1.89 bits per heavy atom. The quantitative estimate of drug-likeness (QED) is 0.769. The Morgan fingerprint density at radius 3 is 2.47 bits per heavy atom. The zero-order valence-corrected chi connectivity index (χ0v) is 12.5. The minimum atomic E-state index is 0.331. The van der Waals surface area contributed by atoms with Gasteiger partial charge in [-0.25, -0.2) is 0 Å². The Bertz CT molecular complexity index is 378. The van der Waals surface area contributed by atoms with E-state index in [1.54, 1.807) is 0 Å². The van der Waals surface area contributed by atoms with Crippen LogP contribution in [0.1, 0.15) is 48.9 Å². The van der Waals surface area contributed by atoms with Crippen molar-refractivity contribution in [2.24, 2.45) is 5.92 Å². The Kier molecular flexibility index (Phi) is 5.41. The standard InChI is InChI=1S/C17H27NO/c1-4-7-18-17(12-19-11-15-5-6-15)16-9-13(2)8-14(3)10-16/h8-10,15,17-18H,4-7,11-12H2,1-3H3. The number of nitrogens with one attached hydrogen (secondary N) is 1. The minimum Gasteiger partial charge on any atom is -0.379 e. The number of hydrogen-bond donors (Lipinski definition) is 1. The van der Waals surface area contributed by atoms with Crippen LogP contribution in [0.25, 0.3) is 0 Å². The van der Waals surface area contributed by atoms with Crippen LogP contribution < -0.4 is 5.32 Å². The van der Waals surface area contributed by atoms with E-state index in [2.05, 4.69) is 44.3 Å². The zero-order chi connectivity index (χ0) is 13.7. The van der Waals surface area contributed by atoms with Gasteiger partial charge in [0.1, 0.15) is 0 Å². The molecule has 0 aliphatic heterocycles. The van der Waals surface area contributed by atoms with Crippen LogP contribution in [0, 0.1) is 19.8 Å². The third-order valence-corrected chi connectivity index (χ3v) is 3.62. The van der Waals surface area contributed by atoms with Crippen molar-refractivity contribution in [3.63, 3.8) is 0 Å². The summed E-state index contributed by atoms with van der Waals surface area (Å²) in [5.41, 5.74) is 4.03. The molecule has 2 heteroatoms. The van der Waals surface area contributed by atoms with Gasteiger partial charge in [0, 0.05) is 6.61 Å². The van der Waals surface area contributed by atoms with E-state index >= 15 is 0 Å². The summed E-state index contributed by atoms with van der Waals surface area (Å²) in [7, 11) is 0. The minimum absolute atomic E-state index is 0.331. The molecule has 0 aromatic heterocycles. The molecular formula is C17H27NO. The van der Waals surface area contributed by atoms with Gasteiger partial charge in [-0.1, -0.05) is 36.2 Å². The summed E-state index contributed by atoms with van der Waals surface area (Å²) in [6, 6.07) is 7.12. The molecule has 1 N–H and O–H groups in total. The summed E-state index contributed by atoms with van der Waals surface area (Å²) >= 11 is 0. The van der Waals surface area contributed by atoms with Gasteiger partial charge in [-0.15, -0.1) is 0 Å². The molecule has 1 unspecified atom stereocenters. The summed E-state index contributed by atoms with van der Waals surface area (Å²) < 4.78 is 5.89. The lowest BCUT2D eigenvalue weighted by Crippen LogP contribution is -2.27. The normalized spacial score (nSPS) is 16.6. The Morgan fingerprint density at radius 1 is 1.21 bits per heavy atom. The van der Waals surface area contributed by atoms with Gasteiger partial charge >= 0.3 is 0 Å². The first-order valence-corrected chi connectivity index (χ1v) is 7.58. The number of benzene rings is 1. The van der Waals surface area contributed by atoms with Crippen LogP contribution in [0.2, 0.25) is 0 Å². The van der Waals surface area contributed by atoms with E-state index in [0.717, 1.165) is 32.1 Å². The monoisotopic (exact) mass is 261 g/mol. The second-order valence-corrected chi connectivity index (χ2v) is 5.91. The number of aryl methyl sites for hydroxylation is 2. The second-order valence-electron chi connectivity index (χ2n) is 5.91. The first-order valence-electron chi connectivity index (χ1n) is 7.58. The van der Waals surface area contributed by atoms with Crippen LogP contribution in [0.15, 0.2) is 18.2 Å². The van der Waals surface area contributed by atoms with Crippen molar-refractivity contribution in [2.75, 3.05) is 19.8 Å². The maximum atomic E-state index is 5.89. The molecule has 1 aliphatic rings. The molecule has 0 heterocycles. The van der Waals surface area contributed by atoms with E-state index in [1.165, 1.54) is 29.5 Å². The average Bonchev–Trinajstić information content (AvgIpc) is 3.16. The summed E-state index contributed by atoms with van der Waals surface area (Å²) in [4.78, 5) is 0. The van der Waals surface area contributed by atoms with E-state index < -0.39 is 0 Å². The fourth-order valence-corrected chi connectivity index (χ4v) is 2.44. The van der Waals surface area contributed by atoms with Gasteiger partial charge in [0.2, 0.25) is 0 Å². The lowest BCUT2D eigenvalue weighted by molar-refractivity contribution is 0.103. The molecule has 0 radical (unpaired) electrons. The highest BCUT2D eigenvalue weighted by Crippen LogP contribution is 2.29. The van der Waals surface area contributed by atoms with Gasteiger partial charge in [-0.2, -0.15) is 0 Å². The Balaban J connectivity index is 1.96. The molecule has 0 saturated heterocycles. The Labute approximate surface area is 117 Å². The maximum Gasteiger partial charge on any atom is 0.0661 e. The highest BCUT2D eigenvalue weighted by molar-refractivity contribution is 5.30. The molecule has 106 valence electrons. The molecule has 19 heavy (non-hydrogen) atoms. The summed E-state index contributed by atoms with van der Waals surface area (Å²) in [5.74, 6) is 0.839. The zero-order valence-electron chi connectivity index (χ0n) is 12.5. The average molecular weight is 261 g/mol. The largest absolute Gasteiger partial charge is 0.379 e. The molecule has 2 nitrogen and oxygen atoms in total. The number of rotatable bonds is 8. The van der Waals surface area contributed by atoms with Crippen molar-refractivity contribution < 1.29 is 4.74 Å². The molecule has 0 bridgehead atoms. The highest BCUT2D eigenvalue weighted by Gasteiger charge is 2.22. The molecular weight excluding hydrogens is 234 g/mol. The summed E-state index contributed by atoms with van der Waals surface area (Å²) in [5, 5.41) is 3.61. The van der Waals surface area contributed by atoms with Crippen molar-refractivity contribution in [3.8, 4) is 0 Å². The fourth-order valence-electron chi connectivity index (χ4n) is 2.44. The van der Waals surface area contributed by atoms with Gasteiger partial charge in [0.05, 0.1) is 12.6 Å². The number of hydrogen-bond acceptors (Lipinski definition) is 2. The predicted octanol–water partition coefficient (Wildman–Crippen LogP) is 3.77. The van der Waals surface area contributed by atoms with Crippen molar-refractivity contribution in [2.45, 2.75) is 46.1 Å². The van der Waals surface area contributed by atoms with E-state index in [1.807, 2.05) is 0 Å². The van der Waals surface area contributed by atoms with Gasteiger partial charge in [-0.05, 0) is 51.1 Å². The van der Waals surface area contributed by atoms with E-state index in [9.17, 15) is 0 Å². The van der Waals surface area contributed by atoms with E-state index in [-0.39, 0.29) is 0 Å². The molecule has 1 aromatic rings. The van der Waals surface area contributed by atoms with Gasteiger partial charge in [0.15, 0.2) is 0 Å². The fraction of sp³-hybridized carbons (Fsp3) is 0.647. The number of ether oxygens (including phenoxy) is 1. The molecule has 0 amide bonds. The van der Waals surface area contributed by atoms with Gasteiger partial charge in [0.25, 0.3) is 0 Å². The molecule has 1 saturated carbocycles. The van der Waals surface area contributed by atoms with Crippen LogP contribution in [-0.2, 0) is 4.74 Å². The van der Waals surface area contributed by atoms with Crippen molar-refractivity contribution in [3.05, 3.63) is 34.9 Å². The molecule has 1 fully saturated rings. The van der Waals surface area contributed by atoms with E-state index in [0.29, 0.717) is 6.04 Å². The van der Waals surface area contributed by atoms with Gasteiger partial charge in [-0.3, -0.25) is 0 Å². The van der Waals surface area contributed by atoms with Crippen molar-refractivity contribution >= 4 is 0 Å². The second kappa shape index (κ2) is 7.06. The smallest absolute Gasteiger partial charge is 0.0661 e. The summed E-state index contributed by atoms with van der Waals surface area (Å²) in [6.45, 7) is 9.31. The van der Waals surface area contributed by atoms with Crippen LogP contribution in [0.5, 0.6) is 0 Å². The van der Waals surface area contributed by atoms with Crippen LogP contribution in [-0.4, -0.2) is 19.8 Å². The third kappa shape index (κ3) is 4.96. The first-order chi connectivity index (χ1) is 9.19. The highest BCUT2D eigenvalue weighted by atomic mass is 16.5. The van der Waals surface area contributed by atoms with Crippen molar-refractivity contribution in [1.29, 1.82) is 0 Å². The van der Waals surface area contributed by atoms with Crippen LogP contribution >= 0.6 is 0 Å². The lowest BCUT2D eigenvalue weighted by atomic mass is 10.0. The van der Waals surface area contributed by atoms with Crippen LogP contribution in [0.4, 0.5) is 0 Å². The predicted molar refractivity (Wildman–Crippen MR) is 80.5 cm³/mol. The molecule has 0 spiro atoms. The third-order valence-electron chi connectivity index (χ3n) is 3.62. The molecule has 2 rings (SSSR count). The first kappa shape index (κ1) is 14.5. The van der Waals surface area contributed by atoms with E-state index in [4.69, 9.17) is 4.74 Å². The van der Waals surface area contributed by atoms with Crippen LogP contribution in [0.3, 0.4) is 0 Å². The van der Waals surface area contributed by atoms with Gasteiger partial charge < -0.3 is 10.1 Å².